The largest absolute Gasteiger partial charge is 0.394 e. The molecule has 3 atom stereocenters. The van der Waals surface area contributed by atoms with Gasteiger partial charge in [-0.2, -0.15) is 4.91 Å². The Kier molecular flexibility index (Phi) is 7.90. The number of nitrogens with one attached hydrogen (secondary N) is 1. The minimum atomic E-state index is -0.644. The Labute approximate surface area is 193 Å². The molecule has 33 heavy (non-hydrogen) atoms. The van der Waals surface area contributed by atoms with Crippen LogP contribution in [0.25, 0.3) is 0 Å². The molecule has 0 aliphatic carbocycles. The van der Waals surface area contributed by atoms with Gasteiger partial charge in [0.15, 0.2) is 0 Å². The van der Waals surface area contributed by atoms with Crippen molar-refractivity contribution in [2.75, 3.05) is 6.61 Å². The van der Waals surface area contributed by atoms with Gasteiger partial charge < -0.3 is 15.0 Å². The highest BCUT2D eigenvalue weighted by Crippen LogP contribution is 2.37. The van der Waals surface area contributed by atoms with E-state index < -0.39 is 6.04 Å². The van der Waals surface area contributed by atoms with Crippen LogP contribution in [0.15, 0.2) is 76.8 Å². The molecular weight excluding hydrogens is 418 g/mol. The van der Waals surface area contributed by atoms with E-state index >= 15 is 0 Å². The molecule has 2 aromatic carbocycles. The van der Waals surface area contributed by atoms with Gasteiger partial charge in [0.05, 0.1) is 6.61 Å². The quantitative estimate of drug-likeness (QED) is 0.487. The molecule has 7 nitrogen and oxygen atoms in total. The van der Waals surface area contributed by atoms with E-state index in [4.69, 9.17) is 5.11 Å². The van der Waals surface area contributed by atoms with Crippen molar-refractivity contribution in [2.24, 2.45) is 12.2 Å². The SMILES string of the molecule is Cc1ccccc1C(CC(N=O)c1ccc(=O)n(C)c1)c1ccc(C(=O)NC(C)CO)cc1. The first kappa shape index (κ1) is 24.1. The number of nitroso groups, excluding NO2 is 1. The maximum Gasteiger partial charge on any atom is 0.251 e. The molecule has 3 rings (SSSR count). The standard InChI is InChI=1S/C26H29N3O4/c1-17-6-4-5-7-22(17)23(14-24(28-33)21-12-13-25(31)29(3)15-21)19-8-10-20(11-9-19)26(32)27-18(2)16-30/h4-13,15,18,23-24,30H,14,16H2,1-3H3,(H,27,32). The average Bonchev–Trinajstić information content (AvgIpc) is 2.82. The lowest BCUT2D eigenvalue weighted by atomic mass is 9.82. The van der Waals surface area contributed by atoms with E-state index in [0.29, 0.717) is 17.5 Å². The first-order chi connectivity index (χ1) is 15.8. The first-order valence-electron chi connectivity index (χ1n) is 10.9. The lowest BCUT2D eigenvalue weighted by molar-refractivity contribution is 0.0922. The molecule has 0 radical (unpaired) electrons. The van der Waals surface area contributed by atoms with E-state index in [2.05, 4.69) is 10.5 Å². The summed E-state index contributed by atoms with van der Waals surface area (Å²) < 4.78 is 1.44. The number of aryl methyl sites for hydroxylation is 2. The predicted molar refractivity (Wildman–Crippen MR) is 128 cm³/mol. The van der Waals surface area contributed by atoms with Crippen molar-refractivity contribution in [1.82, 2.24) is 9.88 Å². The third kappa shape index (κ3) is 5.81. The number of hydrogen-bond acceptors (Lipinski definition) is 5. The molecule has 0 bridgehead atoms. The Bertz CT molecular complexity index is 1170. The molecule has 0 saturated carbocycles. The number of rotatable bonds is 9. The number of amides is 1. The average molecular weight is 448 g/mol. The molecule has 1 aromatic heterocycles. The molecule has 0 fully saturated rings. The number of aromatic nitrogens is 1. The maximum absolute atomic E-state index is 12.4. The van der Waals surface area contributed by atoms with Crippen molar-refractivity contribution in [3.63, 3.8) is 0 Å². The molecule has 172 valence electrons. The lowest BCUT2D eigenvalue weighted by Gasteiger charge is -2.23. The molecule has 1 heterocycles. The van der Waals surface area contributed by atoms with Crippen molar-refractivity contribution in [2.45, 2.75) is 38.3 Å². The van der Waals surface area contributed by atoms with Crippen LogP contribution in [0.1, 0.15) is 57.9 Å². The Balaban J connectivity index is 1.96. The second-order valence-corrected chi connectivity index (χ2v) is 8.36. The van der Waals surface area contributed by atoms with Crippen LogP contribution in [0.2, 0.25) is 0 Å². The van der Waals surface area contributed by atoms with Gasteiger partial charge in [0, 0.05) is 36.8 Å². The molecular formula is C26H29N3O4. The van der Waals surface area contributed by atoms with E-state index in [9.17, 15) is 14.5 Å². The fourth-order valence-corrected chi connectivity index (χ4v) is 3.92. The van der Waals surface area contributed by atoms with Gasteiger partial charge in [0.25, 0.3) is 5.91 Å². The maximum atomic E-state index is 12.4. The van der Waals surface area contributed by atoms with Gasteiger partial charge in [0.1, 0.15) is 6.04 Å². The molecule has 2 N–H and O–H groups in total. The minimum absolute atomic E-state index is 0.135. The van der Waals surface area contributed by atoms with E-state index in [1.807, 2.05) is 43.3 Å². The minimum Gasteiger partial charge on any atom is -0.394 e. The number of carbonyl (C=O) groups excluding carboxylic acids is 1. The number of pyridine rings is 1. The molecule has 7 heteroatoms. The van der Waals surface area contributed by atoms with Gasteiger partial charge in [-0.05, 0) is 60.7 Å². The van der Waals surface area contributed by atoms with E-state index in [1.54, 1.807) is 38.4 Å². The van der Waals surface area contributed by atoms with Crippen LogP contribution in [-0.4, -0.2) is 28.2 Å². The van der Waals surface area contributed by atoms with Gasteiger partial charge in [0.2, 0.25) is 5.56 Å². The molecule has 0 aliphatic rings. The second-order valence-electron chi connectivity index (χ2n) is 8.36. The third-order valence-corrected chi connectivity index (χ3v) is 5.87. The van der Waals surface area contributed by atoms with Crippen LogP contribution in [0.5, 0.6) is 0 Å². The summed E-state index contributed by atoms with van der Waals surface area (Å²) in [4.78, 5) is 36.0. The van der Waals surface area contributed by atoms with Crippen molar-refractivity contribution in [3.8, 4) is 0 Å². The normalized spacial score (nSPS) is 13.7. The highest BCUT2D eigenvalue weighted by molar-refractivity contribution is 5.94. The Morgan fingerprint density at radius 2 is 1.73 bits per heavy atom. The van der Waals surface area contributed by atoms with E-state index in [-0.39, 0.29) is 30.0 Å². The van der Waals surface area contributed by atoms with Crippen LogP contribution < -0.4 is 10.9 Å². The Morgan fingerprint density at radius 3 is 2.33 bits per heavy atom. The number of aliphatic hydroxyl groups is 1. The summed E-state index contributed by atoms with van der Waals surface area (Å²) in [6.45, 7) is 3.62. The summed E-state index contributed by atoms with van der Waals surface area (Å²) >= 11 is 0. The van der Waals surface area contributed by atoms with Crippen LogP contribution in [0, 0.1) is 11.8 Å². The van der Waals surface area contributed by atoms with Gasteiger partial charge in [-0.15, -0.1) is 0 Å². The van der Waals surface area contributed by atoms with E-state index in [1.165, 1.54) is 10.6 Å². The summed E-state index contributed by atoms with van der Waals surface area (Å²) in [6.07, 6.45) is 2.07. The van der Waals surface area contributed by atoms with Gasteiger partial charge in [-0.3, -0.25) is 9.59 Å². The monoisotopic (exact) mass is 447 g/mol. The fourth-order valence-electron chi connectivity index (χ4n) is 3.92. The second kappa shape index (κ2) is 10.8. The summed E-state index contributed by atoms with van der Waals surface area (Å²) in [5.41, 5.74) is 4.14. The summed E-state index contributed by atoms with van der Waals surface area (Å²) in [7, 11) is 1.65. The molecule has 3 unspecified atom stereocenters. The van der Waals surface area contributed by atoms with Crippen LogP contribution in [0.4, 0.5) is 0 Å². The van der Waals surface area contributed by atoms with Crippen molar-refractivity contribution in [1.29, 1.82) is 0 Å². The lowest BCUT2D eigenvalue weighted by Crippen LogP contribution is -2.34. The number of aliphatic hydroxyl groups excluding tert-OH is 1. The molecule has 3 aromatic rings. The molecule has 0 aliphatic heterocycles. The van der Waals surface area contributed by atoms with Gasteiger partial charge in [-0.25, -0.2) is 0 Å². The van der Waals surface area contributed by atoms with Crippen molar-refractivity contribution in [3.05, 3.63) is 110 Å². The van der Waals surface area contributed by atoms with E-state index in [0.717, 1.165) is 16.7 Å². The zero-order valence-electron chi connectivity index (χ0n) is 19.1. The number of benzene rings is 2. The molecule has 0 saturated heterocycles. The number of nitrogens with zero attached hydrogens (tertiary/aromatic N) is 2. The van der Waals surface area contributed by atoms with Gasteiger partial charge >= 0.3 is 0 Å². The van der Waals surface area contributed by atoms with Crippen molar-refractivity contribution < 1.29 is 9.90 Å². The predicted octanol–water partition coefficient (Wildman–Crippen LogP) is 3.83. The number of hydrogen-bond donors (Lipinski definition) is 2. The fraction of sp³-hybridized carbons (Fsp3) is 0.308. The topological polar surface area (TPSA) is 101 Å². The summed E-state index contributed by atoms with van der Waals surface area (Å²) in [5, 5.41) is 15.3. The zero-order valence-corrected chi connectivity index (χ0v) is 19.1. The van der Waals surface area contributed by atoms with Crippen LogP contribution in [-0.2, 0) is 7.05 Å². The summed E-state index contributed by atoms with van der Waals surface area (Å²) in [6, 6.07) is 17.4. The summed E-state index contributed by atoms with van der Waals surface area (Å²) in [5.74, 6) is -0.396. The molecule has 0 spiro atoms. The zero-order chi connectivity index (χ0) is 24.0. The Hall–Kier alpha value is -3.58. The Morgan fingerprint density at radius 1 is 1.06 bits per heavy atom. The van der Waals surface area contributed by atoms with Crippen LogP contribution in [0.3, 0.4) is 0 Å². The first-order valence-corrected chi connectivity index (χ1v) is 10.9. The smallest absolute Gasteiger partial charge is 0.251 e. The molecule has 1 amide bonds. The highest BCUT2D eigenvalue weighted by Gasteiger charge is 2.24. The van der Waals surface area contributed by atoms with Crippen LogP contribution >= 0.6 is 0 Å². The highest BCUT2D eigenvalue weighted by atomic mass is 16.3. The third-order valence-electron chi connectivity index (χ3n) is 5.87. The number of carbonyl (C=O) groups is 1. The van der Waals surface area contributed by atoms with Crippen molar-refractivity contribution >= 4 is 5.91 Å². The van der Waals surface area contributed by atoms with Gasteiger partial charge in [-0.1, -0.05) is 41.6 Å².